The molecule has 0 aromatic carbocycles. The highest BCUT2D eigenvalue weighted by Crippen LogP contribution is 2.34. The highest BCUT2D eigenvalue weighted by atomic mass is 32.2. The van der Waals surface area contributed by atoms with Gasteiger partial charge in [-0.2, -0.15) is 0 Å². The topological polar surface area (TPSA) is 108 Å². The Kier molecular flexibility index (Phi) is 3.92. The zero-order chi connectivity index (χ0) is 17.6. The molecule has 0 bridgehead atoms. The van der Waals surface area contributed by atoms with Crippen molar-refractivity contribution < 1.29 is 17.6 Å². The summed E-state index contributed by atoms with van der Waals surface area (Å²) < 4.78 is 30.0. The van der Waals surface area contributed by atoms with Crippen molar-refractivity contribution in [3.05, 3.63) is 41.9 Å². The molecule has 3 atom stereocenters. The lowest BCUT2D eigenvalue weighted by Crippen LogP contribution is -2.41. The fourth-order valence-electron chi connectivity index (χ4n) is 3.83. The van der Waals surface area contributed by atoms with Crippen molar-refractivity contribution in [3.8, 4) is 0 Å². The SMILES string of the molecule is Cc1[nH]cnc1CN1C[C@H]2[C@H](NC(=O)c3ccoc3)CS(=O)(=O)[C@H]2C1. The van der Waals surface area contributed by atoms with E-state index in [4.69, 9.17) is 4.42 Å². The molecular weight excluding hydrogens is 344 g/mol. The smallest absolute Gasteiger partial charge is 0.254 e. The Morgan fingerprint density at radius 3 is 3.00 bits per heavy atom. The average molecular weight is 364 g/mol. The van der Waals surface area contributed by atoms with Crippen LogP contribution < -0.4 is 5.32 Å². The predicted octanol–water partition coefficient (Wildman–Crippen LogP) is 0.339. The molecule has 9 heteroatoms. The molecule has 0 radical (unpaired) electrons. The van der Waals surface area contributed by atoms with Gasteiger partial charge in [0.15, 0.2) is 9.84 Å². The number of nitrogens with one attached hydrogen (secondary N) is 2. The van der Waals surface area contributed by atoms with E-state index in [9.17, 15) is 13.2 Å². The normalized spacial score (nSPS) is 28.1. The molecule has 4 rings (SSSR count). The van der Waals surface area contributed by atoms with E-state index in [1.54, 1.807) is 12.4 Å². The second kappa shape index (κ2) is 5.99. The van der Waals surface area contributed by atoms with E-state index in [1.165, 1.54) is 12.5 Å². The van der Waals surface area contributed by atoms with Crippen molar-refractivity contribution in [1.82, 2.24) is 20.2 Å². The molecule has 2 aliphatic heterocycles. The van der Waals surface area contributed by atoms with E-state index >= 15 is 0 Å². The number of H-pyrrole nitrogens is 1. The number of nitrogens with zero attached hydrogens (tertiary/aromatic N) is 2. The molecule has 2 aromatic rings. The summed E-state index contributed by atoms with van der Waals surface area (Å²) in [5.41, 5.74) is 2.32. The van der Waals surface area contributed by atoms with Crippen molar-refractivity contribution in [3.63, 3.8) is 0 Å². The molecule has 4 heterocycles. The zero-order valence-corrected chi connectivity index (χ0v) is 14.6. The number of imidazole rings is 1. The maximum absolute atomic E-state index is 12.5. The van der Waals surface area contributed by atoms with E-state index < -0.39 is 15.1 Å². The van der Waals surface area contributed by atoms with Crippen molar-refractivity contribution in [2.75, 3.05) is 18.8 Å². The van der Waals surface area contributed by atoms with Gasteiger partial charge in [-0.05, 0) is 13.0 Å². The third kappa shape index (κ3) is 2.98. The fourth-order valence-corrected chi connectivity index (χ4v) is 6.15. The summed E-state index contributed by atoms with van der Waals surface area (Å²) in [7, 11) is -3.22. The lowest BCUT2D eigenvalue weighted by Gasteiger charge is -2.20. The zero-order valence-electron chi connectivity index (χ0n) is 13.8. The standard InChI is InChI=1S/C16H20N4O4S/c1-10-13(18-9-17-10)5-20-4-12-14(8-25(22,23)15(12)6-20)19-16(21)11-2-3-24-7-11/h2-3,7,9,12,14-15H,4-6,8H2,1H3,(H,17,18)(H,19,21)/t12-,14+,15-/m0/s1. The van der Waals surface area contributed by atoms with Crippen molar-refractivity contribution in [1.29, 1.82) is 0 Å². The van der Waals surface area contributed by atoms with Crippen molar-refractivity contribution >= 4 is 15.7 Å². The van der Waals surface area contributed by atoms with Gasteiger partial charge in [-0.15, -0.1) is 0 Å². The number of amides is 1. The summed E-state index contributed by atoms with van der Waals surface area (Å²) in [6.07, 6.45) is 4.43. The summed E-state index contributed by atoms with van der Waals surface area (Å²) in [6.45, 7) is 3.67. The number of sulfone groups is 1. The van der Waals surface area contributed by atoms with Crippen LogP contribution in [0.15, 0.2) is 29.3 Å². The van der Waals surface area contributed by atoms with Gasteiger partial charge in [0.1, 0.15) is 6.26 Å². The summed E-state index contributed by atoms with van der Waals surface area (Å²) >= 11 is 0. The molecule has 2 aliphatic rings. The minimum absolute atomic E-state index is 0.00119. The van der Waals surface area contributed by atoms with Crippen molar-refractivity contribution in [2.24, 2.45) is 5.92 Å². The van der Waals surface area contributed by atoms with E-state index in [0.29, 0.717) is 25.2 Å². The monoisotopic (exact) mass is 364 g/mol. The third-order valence-corrected chi connectivity index (χ3v) is 7.43. The molecule has 2 N–H and O–H groups in total. The van der Waals surface area contributed by atoms with E-state index in [-0.39, 0.29) is 23.6 Å². The highest BCUT2D eigenvalue weighted by molar-refractivity contribution is 7.92. The largest absolute Gasteiger partial charge is 0.472 e. The molecular formula is C16H20N4O4S. The van der Waals surface area contributed by atoms with Crippen LogP contribution in [0.25, 0.3) is 0 Å². The Morgan fingerprint density at radius 2 is 2.32 bits per heavy atom. The number of furan rings is 1. The third-order valence-electron chi connectivity index (χ3n) is 5.18. The van der Waals surface area contributed by atoms with Crippen LogP contribution in [0.1, 0.15) is 21.7 Å². The molecule has 2 fully saturated rings. The molecule has 0 unspecified atom stereocenters. The summed E-state index contributed by atoms with van der Waals surface area (Å²) in [5, 5.41) is 2.44. The number of aryl methyl sites for hydroxylation is 1. The molecule has 25 heavy (non-hydrogen) atoms. The average Bonchev–Trinajstić information content (AvgIpc) is 3.30. The van der Waals surface area contributed by atoms with Gasteiger partial charge >= 0.3 is 0 Å². The molecule has 2 saturated heterocycles. The van der Waals surface area contributed by atoms with E-state index in [1.807, 2.05) is 6.92 Å². The second-order valence-electron chi connectivity index (χ2n) is 6.79. The number of aromatic nitrogens is 2. The van der Waals surface area contributed by atoms with Crippen LogP contribution in [0.5, 0.6) is 0 Å². The van der Waals surface area contributed by atoms with Gasteiger partial charge in [0.05, 0.1) is 34.9 Å². The number of rotatable bonds is 4. The van der Waals surface area contributed by atoms with Crippen LogP contribution in [-0.2, 0) is 16.4 Å². The van der Waals surface area contributed by atoms with E-state index in [0.717, 1.165) is 11.4 Å². The van der Waals surface area contributed by atoms with Crippen LogP contribution in [0, 0.1) is 12.8 Å². The van der Waals surface area contributed by atoms with Gasteiger partial charge < -0.3 is 14.7 Å². The summed E-state index contributed by atoms with van der Waals surface area (Å²) in [6, 6.07) is 1.19. The van der Waals surface area contributed by atoms with Crippen LogP contribution in [0.2, 0.25) is 0 Å². The highest BCUT2D eigenvalue weighted by Gasteiger charge is 2.52. The van der Waals surface area contributed by atoms with Gasteiger partial charge in [-0.1, -0.05) is 0 Å². The quantitative estimate of drug-likeness (QED) is 0.810. The van der Waals surface area contributed by atoms with Crippen LogP contribution in [0.3, 0.4) is 0 Å². The lowest BCUT2D eigenvalue weighted by atomic mass is 10.0. The van der Waals surface area contributed by atoms with Gasteiger partial charge in [0.2, 0.25) is 0 Å². The Labute approximate surface area is 145 Å². The Balaban J connectivity index is 1.48. The van der Waals surface area contributed by atoms with E-state index in [2.05, 4.69) is 20.2 Å². The molecule has 0 spiro atoms. The summed E-state index contributed by atoms with van der Waals surface area (Å²) in [5.74, 6) is -0.391. The number of hydrogen-bond acceptors (Lipinski definition) is 6. The first-order chi connectivity index (χ1) is 11.9. The number of likely N-dealkylation sites (tertiary alicyclic amines) is 1. The first-order valence-corrected chi connectivity index (χ1v) is 9.91. The maximum Gasteiger partial charge on any atom is 0.254 e. The number of aromatic amines is 1. The molecule has 1 amide bonds. The molecule has 134 valence electrons. The minimum Gasteiger partial charge on any atom is -0.472 e. The summed E-state index contributed by atoms with van der Waals surface area (Å²) in [4.78, 5) is 21.7. The lowest BCUT2D eigenvalue weighted by molar-refractivity contribution is 0.0930. The Bertz CT molecular complexity index is 874. The molecule has 2 aromatic heterocycles. The molecule has 0 saturated carbocycles. The number of carbonyl (C=O) groups excluding carboxylic acids is 1. The van der Waals surface area contributed by atoms with Gasteiger partial charge in [0, 0.05) is 37.3 Å². The predicted molar refractivity (Wildman–Crippen MR) is 89.6 cm³/mol. The number of hydrogen-bond donors (Lipinski definition) is 2. The van der Waals surface area contributed by atoms with Gasteiger partial charge in [-0.25, -0.2) is 13.4 Å². The molecule has 8 nitrogen and oxygen atoms in total. The Morgan fingerprint density at radius 1 is 1.48 bits per heavy atom. The fraction of sp³-hybridized carbons (Fsp3) is 0.500. The number of carbonyl (C=O) groups is 1. The van der Waals surface area contributed by atoms with Crippen LogP contribution in [0.4, 0.5) is 0 Å². The first-order valence-electron chi connectivity index (χ1n) is 8.20. The van der Waals surface area contributed by atoms with Crippen LogP contribution >= 0.6 is 0 Å². The minimum atomic E-state index is -3.22. The first kappa shape index (κ1) is 16.3. The van der Waals surface area contributed by atoms with Gasteiger partial charge in [0.25, 0.3) is 5.91 Å². The molecule has 0 aliphatic carbocycles. The second-order valence-corrected chi connectivity index (χ2v) is 9.06. The Hall–Kier alpha value is -2.13. The maximum atomic E-state index is 12.5. The van der Waals surface area contributed by atoms with Crippen molar-refractivity contribution in [2.45, 2.75) is 24.8 Å². The van der Waals surface area contributed by atoms with Gasteiger partial charge in [-0.3, -0.25) is 9.69 Å². The van der Waals surface area contributed by atoms with Crippen LogP contribution in [-0.4, -0.2) is 59.3 Å². The number of fused-ring (bicyclic) bond motifs is 1.